The van der Waals surface area contributed by atoms with Gasteiger partial charge in [-0.3, -0.25) is 14.5 Å². The number of piperazine rings is 1. The standard InChI is InChI=1S/C25H26N6O3/c1-15-24(29-22-6-4-3-5-21(22)27-15)31-11-9-30(10-12-31)23(25(33)34)19-14-26-20-8-7-17(13-18(19)20)28-16(2)32/h3-8,13-14,23,26H,9-12H2,1-2H3,(H,28,32)(H,33,34)/t23-/m0/s1. The molecule has 1 aliphatic rings. The number of hydrogen-bond acceptors (Lipinski definition) is 6. The molecule has 1 atom stereocenters. The summed E-state index contributed by atoms with van der Waals surface area (Å²) >= 11 is 0. The number of para-hydroxylation sites is 2. The van der Waals surface area contributed by atoms with E-state index in [0.717, 1.165) is 33.4 Å². The Morgan fingerprint density at radius 3 is 2.44 bits per heavy atom. The summed E-state index contributed by atoms with van der Waals surface area (Å²) in [4.78, 5) is 40.7. The number of hydrogen-bond donors (Lipinski definition) is 3. The molecule has 0 saturated carbocycles. The average Bonchev–Trinajstić information content (AvgIpc) is 3.21. The van der Waals surface area contributed by atoms with Gasteiger partial charge in [0.15, 0.2) is 5.82 Å². The van der Waals surface area contributed by atoms with Crippen molar-refractivity contribution < 1.29 is 14.7 Å². The van der Waals surface area contributed by atoms with E-state index in [9.17, 15) is 14.7 Å². The third-order valence-electron chi connectivity index (χ3n) is 6.26. The van der Waals surface area contributed by atoms with Crippen molar-refractivity contribution in [2.75, 3.05) is 36.4 Å². The predicted octanol–water partition coefficient (Wildman–Crippen LogP) is 3.33. The van der Waals surface area contributed by atoms with E-state index in [0.29, 0.717) is 37.4 Å². The Labute approximate surface area is 196 Å². The molecule has 4 aromatic rings. The highest BCUT2D eigenvalue weighted by Gasteiger charge is 2.33. The molecule has 2 aromatic heterocycles. The van der Waals surface area contributed by atoms with Crippen LogP contribution in [0.2, 0.25) is 0 Å². The van der Waals surface area contributed by atoms with Crippen LogP contribution in [0.1, 0.15) is 24.2 Å². The largest absolute Gasteiger partial charge is 0.480 e. The molecule has 9 nitrogen and oxygen atoms in total. The second kappa shape index (κ2) is 8.75. The lowest BCUT2D eigenvalue weighted by Crippen LogP contribution is -2.49. The van der Waals surface area contributed by atoms with Crippen molar-refractivity contribution in [3.8, 4) is 0 Å². The van der Waals surface area contributed by atoms with Crippen LogP contribution in [0.5, 0.6) is 0 Å². The van der Waals surface area contributed by atoms with E-state index < -0.39 is 12.0 Å². The number of aromatic nitrogens is 3. The van der Waals surface area contributed by atoms with Crippen LogP contribution in [0.4, 0.5) is 11.5 Å². The smallest absolute Gasteiger partial charge is 0.325 e. The minimum absolute atomic E-state index is 0.172. The molecule has 1 saturated heterocycles. The number of nitrogens with one attached hydrogen (secondary N) is 2. The number of fused-ring (bicyclic) bond motifs is 2. The van der Waals surface area contributed by atoms with E-state index in [1.807, 2.05) is 48.2 Å². The first-order valence-electron chi connectivity index (χ1n) is 11.2. The molecule has 1 amide bonds. The molecule has 34 heavy (non-hydrogen) atoms. The summed E-state index contributed by atoms with van der Waals surface area (Å²) in [6.07, 6.45) is 1.76. The maximum atomic E-state index is 12.4. The number of carbonyl (C=O) groups excluding carboxylic acids is 1. The van der Waals surface area contributed by atoms with E-state index in [2.05, 4.69) is 15.2 Å². The lowest BCUT2D eigenvalue weighted by molar-refractivity contribution is -0.143. The Balaban J connectivity index is 1.39. The van der Waals surface area contributed by atoms with Crippen LogP contribution in [0, 0.1) is 6.92 Å². The van der Waals surface area contributed by atoms with Gasteiger partial charge < -0.3 is 20.3 Å². The van der Waals surface area contributed by atoms with Gasteiger partial charge in [0.05, 0.1) is 16.7 Å². The molecule has 1 aliphatic heterocycles. The van der Waals surface area contributed by atoms with Gasteiger partial charge in [-0.2, -0.15) is 0 Å². The molecule has 9 heteroatoms. The quantitative estimate of drug-likeness (QED) is 0.420. The van der Waals surface area contributed by atoms with Gasteiger partial charge in [-0.25, -0.2) is 9.97 Å². The number of rotatable bonds is 5. The fraction of sp³-hybridized carbons (Fsp3) is 0.280. The first-order valence-corrected chi connectivity index (χ1v) is 11.2. The molecule has 0 bridgehead atoms. The van der Waals surface area contributed by atoms with Crippen molar-refractivity contribution >= 4 is 45.3 Å². The maximum absolute atomic E-state index is 12.4. The van der Waals surface area contributed by atoms with Gasteiger partial charge in [0, 0.05) is 61.5 Å². The number of benzene rings is 2. The molecule has 2 aromatic carbocycles. The molecular weight excluding hydrogens is 432 g/mol. The molecule has 3 N–H and O–H groups in total. The van der Waals surface area contributed by atoms with E-state index in [4.69, 9.17) is 9.97 Å². The van der Waals surface area contributed by atoms with Crippen LogP contribution < -0.4 is 10.2 Å². The van der Waals surface area contributed by atoms with Gasteiger partial charge in [0.1, 0.15) is 6.04 Å². The minimum atomic E-state index is -0.902. The van der Waals surface area contributed by atoms with Crippen LogP contribution in [0.25, 0.3) is 21.9 Å². The summed E-state index contributed by atoms with van der Waals surface area (Å²) in [5.74, 6) is -0.229. The minimum Gasteiger partial charge on any atom is -0.480 e. The number of aliphatic carboxylic acids is 1. The third-order valence-corrected chi connectivity index (χ3v) is 6.26. The Hall–Kier alpha value is -3.98. The van der Waals surface area contributed by atoms with Crippen molar-refractivity contribution in [1.82, 2.24) is 19.9 Å². The number of aryl methyl sites for hydroxylation is 1. The van der Waals surface area contributed by atoms with E-state index in [1.54, 1.807) is 12.3 Å². The molecular formula is C25H26N6O3. The second-order valence-corrected chi connectivity index (χ2v) is 8.57. The van der Waals surface area contributed by atoms with Crippen LogP contribution in [-0.4, -0.2) is 63.0 Å². The zero-order valence-electron chi connectivity index (χ0n) is 19.1. The van der Waals surface area contributed by atoms with Crippen LogP contribution in [0.15, 0.2) is 48.7 Å². The number of carbonyl (C=O) groups is 2. The average molecular weight is 459 g/mol. The van der Waals surface area contributed by atoms with Crippen LogP contribution >= 0.6 is 0 Å². The highest BCUT2D eigenvalue weighted by atomic mass is 16.4. The maximum Gasteiger partial charge on any atom is 0.325 e. The van der Waals surface area contributed by atoms with E-state index in [-0.39, 0.29) is 5.91 Å². The number of anilines is 2. The Bertz CT molecular complexity index is 1390. The topological polar surface area (TPSA) is 114 Å². The lowest BCUT2D eigenvalue weighted by atomic mass is 10.0. The molecule has 0 aliphatic carbocycles. The molecule has 3 heterocycles. The zero-order chi connectivity index (χ0) is 23.8. The Kier molecular flexibility index (Phi) is 5.62. The predicted molar refractivity (Wildman–Crippen MR) is 131 cm³/mol. The molecule has 5 rings (SSSR count). The van der Waals surface area contributed by atoms with Gasteiger partial charge in [-0.05, 0) is 37.3 Å². The van der Waals surface area contributed by atoms with Crippen LogP contribution in [0.3, 0.4) is 0 Å². The van der Waals surface area contributed by atoms with Crippen molar-refractivity contribution in [1.29, 1.82) is 0 Å². The summed E-state index contributed by atoms with van der Waals surface area (Å²) in [5, 5.41) is 13.7. The summed E-state index contributed by atoms with van der Waals surface area (Å²) in [5.41, 5.74) is 4.74. The van der Waals surface area contributed by atoms with Crippen molar-refractivity contribution in [2.45, 2.75) is 19.9 Å². The Morgan fingerprint density at radius 1 is 1.06 bits per heavy atom. The summed E-state index contributed by atoms with van der Waals surface area (Å²) in [7, 11) is 0. The van der Waals surface area contributed by atoms with Crippen molar-refractivity contribution in [3.05, 3.63) is 59.9 Å². The molecule has 174 valence electrons. The Morgan fingerprint density at radius 2 is 1.76 bits per heavy atom. The highest BCUT2D eigenvalue weighted by molar-refractivity contribution is 5.95. The normalized spacial score (nSPS) is 15.5. The number of aromatic amines is 1. The highest BCUT2D eigenvalue weighted by Crippen LogP contribution is 2.32. The number of nitrogens with zero attached hydrogens (tertiary/aromatic N) is 4. The summed E-state index contributed by atoms with van der Waals surface area (Å²) < 4.78 is 0. The first kappa shape index (κ1) is 21.8. The number of carboxylic acid groups (broad SMARTS) is 1. The zero-order valence-corrected chi connectivity index (χ0v) is 19.1. The fourth-order valence-corrected chi connectivity index (χ4v) is 4.71. The second-order valence-electron chi connectivity index (χ2n) is 8.57. The summed E-state index contributed by atoms with van der Waals surface area (Å²) in [6, 6.07) is 12.5. The number of H-pyrrole nitrogens is 1. The number of amides is 1. The van der Waals surface area contributed by atoms with Crippen molar-refractivity contribution in [3.63, 3.8) is 0 Å². The third kappa shape index (κ3) is 4.06. The summed E-state index contributed by atoms with van der Waals surface area (Å²) in [6.45, 7) is 5.85. The van der Waals surface area contributed by atoms with Gasteiger partial charge in [0.2, 0.25) is 5.91 Å². The first-order chi connectivity index (χ1) is 16.4. The SMILES string of the molecule is CC(=O)Nc1ccc2[nH]cc([C@@H](C(=O)O)N3CCN(c4nc5ccccc5nc4C)CC3)c2c1. The van der Waals surface area contributed by atoms with E-state index in [1.165, 1.54) is 6.92 Å². The van der Waals surface area contributed by atoms with Gasteiger partial charge >= 0.3 is 5.97 Å². The molecule has 0 unspecified atom stereocenters. The lowest BCUT2D eigenvalue weighted by Gasteiger charge is -2.38. The van der Waals surface area contributed by atoms with E-state index >= 15 is 0 Å². The van der Waals surface area contributed by atoms with Crippen molar-refractivity contribution in [2.24, 2.45) is 0 Å². The van der Waals surface area contributed by atoms with Gasteiger partial charge in [-0.15, -0.1) is 0 Å². The fourth-order valence-electron chi connectivity index (χ4n) is 4.71. The monoisotopic (exact) mass is 458 g/mol. The molecule has 1 fully saturated rings. The number of carboxylic acids is 1. The van der Waals surface area contributed by atoms with Crippen LogP contribution in [-0.2, 0) is 9.59 Å². The molecule has 0 spiro atoms. The van der Waals surface area contributed by atoms with Gasteiger partial charge in [0.25, 0.3) is 0 Å². The van der Waals surface area contributed by atoms with Gasteiger partial charge in [-0.1, -0.05) is 12.1 Å². The molecule has 0 radical (unpaired) electrons.